The van der Waals surface area contributed by atoms with Crippen LogP contribution in [0.5, 0.6) is 0 Å². The average molecular weight is 516 g/mol. The first kappa shape index (κ1) is 24.5. The Morgan fingerprint density at radius 1 is 1.08 bits per heavy atom. The van der Waals surface area contributed by atoms with Crippen molar-refractivity contribution < 1.29 is 9.59 Å². The highest BCUT2D eigenvalue weighted by Crippen LogP contribution is 2.32. The van der Waals surface area contributed by atoms with Gasteiger partial charge in [-0.2, -0.15) is 0 Å². The number of carbonyl (C=O) groups is 2. The van der Waals surface area contributed by atoms with Gasteiger partial charge in [-0.3, -0.25) is 9.59 Å². The number of aromatic nitrogens is 4. The molecule has 37 heavy (non-hydrogen) atoms. The molecular formula is C27H26ClN7O2. The van der Waals surface area contributed by atoms with Crippen molar-refractivity contribution in [3.63, 3.8) is 0 Å². The fourth-order valence-corrected chi connectivity index (χ4v) is 4.80. The number of hydrogen-bond acceptors (Lipinski definition) is 6. The molecule has 5 rings (SSSR count). The van der Waals surface area contributed by atoms with Crippen LogP contribution in [-0.4, -0.2) is 43.8 Å². The molecule has 0 aliphatic heterocycles. The Morgan fingerprint density at radius 3 is 2.76 bits per heavy atom. The molecule has 2 amide bonds. The van der Waals surface area contributed by atoms with Crippen LogP contribution in [0.3, 0.4) is 0 Å². The summed E-state index contributed by atoms with van der Waals surface area (Å²) in [4.78, 5) is 40.7. The molecule has 0 bridgehead atoms. The summed E-state index contributed by atoms with van der Waals surface area (Å²) in [6.07, 6.45) is 9.63. The van der Waals surface area contributed by atoms with Gasteiger partial charge in [0, 0.05) is 34.7 Å². The molecule has 10 heteroatoms. The zero-order chi connectivity index (χ0) is 25.8. The lowest BCUT2D eigenvalue weighted by atomic mass is 9.91. The summed E-state index contributed by atoms with van der Waals surface area (Å²) in [6.45, 7) is 3.41. The first-order valence-electron chi connectivity index (χ1n) is 12.1. The van der Waals surface area contributed by atoms with Gasteiger partial charge in [-0.25, -0.2) is 15.0 Å². The minimum absolute atomic E-state index is 0.0129. The molecule has 1 fully saturated rings. The van der Waals surface area contributed by atoms with Gasteiger partial charge in [-0.1, -0.05) is 30.3 Å². The zero-order valence-corrected chi connectivity index (χ0v) is 20.8. The highest BCUT2D eigenvalue weighted by atomic mass is 35.5. The summed E-state index contributed by atoms with van der Waals surface area (Å²) in [6, 6.07) is 11.3. The summed E-state index contributed by atoms with van der Waals surface area (Å²) >= 11 is 6.48. The fraction of sp³-hybridized carbons (Fsp3) is 0.222. The number of pyridine rings is 1. The second-order valence-electron chi connectivity index (χ2n) is 8.94. The maximum absolute atomic E-state index is 12.8. The maximum Gasteiger partial charge on any atom is 0.270 e. The van der Waals surface area contributed by atoms with E-state index < -0.39 is 0 Å². The molecule has 9 nitrogen and oxygen atoms in total. The molecule has 1 aliphatic carbocycles. The number of aromatic amines is 1. The molecule has 0 spiro atoms. The van der Waals surface area contributed by atoms with E-state index in [1.54, 1.807) is 18.3 Å². The SMILES string of the molecule is C=CC(=O)Nc1ccc(C(=O)N[C@H]2CCC[C@@H](Nc3ncc(Cl)c(-c4cccc5[nH]ccc45)n3)C2)nc1. The van der Waals surface area contributed by atoms with Gasteiger partial charge in [0.1, 0.15) is 5.69 Å². The fourth-order valence-electron chi connectivity index (χ4n) is 4.61. The molecule has 188 valence electrons. The molecule has 3 aromatic heterocycles. The van der Waals surface area contributed by atoms with Gasteiger partial charge in [0.2, 0.25) is 11.9 Å². The number of carbonyl (C=O) groups excluding carboxylic acids is 2. The lowest BCUT2D eigenvalue weighted by Gasteiger charge is -2.30. The van der Waals surface area contributed by atoms with E-state index in [9.17, 15) is 9.59 Å². The van der Waals surface area contributed by atoms with Crippen LogP contribution >= 0.6 is 11.6 Å². The van der Waals surface area contributed by atoms with Gasteiger partial charge in [0.25, 0.3) is 5.91 Å². The van der Waals surface area contributed by atoms with Crippen LogP contribution < -0.4 is 16.0 Å². The van der Waals surface area contributed by atoms with E-state index in [1.165, 1.54) is 12.3 Å². The van der Waals surface area contributed by atoms with Gasteiger partial charge < -0.3 is 20.9 Å². The Hall–Kier alpha value is -4.24. The lowest BCUT2D eigenvalue weighted by Crippen LogP contribution is -2.42. The lowest BCUT2D eigenvalue weighted by molar-refractivity contribution is -0.111. The van der Waals surface area contributed by atoms with Gasteiger partial charge >= 0.3 is 0 Å². The number of nitrogens with one attached hydrogen (secondary N) is 4. The Morgan fingerprint density at radius 2 is 1.95 bits per heavy atom. The van der Waals surface area contributed by atoms with E-state index in [1.807, 2.05) is 30.5 Å². The summed E-state index contributed by atoms with van der Waals surface area (Å²) < 4.78 is 0. The van der Waals surface area contributed by atoms with Crippen molar-refractivity contribution in [2.45, 2.75) is 37.8 Å². The number of H-pyrrole nitrogens is 1. The van der Waals surface area contributed by atoms with Crippen LogP contribution in [0, 0.1) is 0 Å². The van der Waals surface area contributed by atoms with Gasteiger partial charge in [0.05, 0.1) is 28.8 Å². The van der Waals surface area contributed by atoms with Crippen LogP contribution in [-0.2, 0) is 4.79 Å². The van der Waals surface area contributed by atoms with Crippen LogP contribution in [0.4, 0.5) is 11.6 Å². The monoisotopic (exact) mass is 515 g/mol. The summed E-state index contributed by atoms with van der Waals surface area (Å²) in [5, 5.41) is 10.6. The van der Waals surface area contributed by atoms with Gasteiger partial charge in [-0.15, -0.1) is 0 Å². The number of anilines is 2. The second kappa shape index (κ2) is 10.8. The predicted octanol–water partition coefficient (Wildman–Crippen LogP) is 4.95. The third kappa shape index (κ3) is 5.62. The molecule has 3 heterocycles. The first-order valence-corrected chi connectivity index (χ1v) is 12.4. The van der Waals surface area contributed by atoms with Crippen molar-refractivity contribution in [3.8, 4) is 11.3 Å². The largest absolute Gasteiger partial charge is 0.361 e. The standard InChI is InChI=1S/C27H26ClN7O2/c1-2-24(36)32-18-9-10-23(30-14-18)26(37)33-16-5-3-6-17(13-16)34-27-31-15-21(28)25(35-27)20-7-4-8-22-19(20)11-12-29-22/h2,4,7-12,14-17,29H,1,3,5-6,13H2,(H,32,36)(H,33,37)(H,31,34,35)/t16-,17+/m0/s1. The minimum atomic E-state index is -0.335. The first-order chi connectivity index (χ1) is 18.0. The molecule has 4 aromatic rings. The van der Waals surface area contributed by atoms with Crippen molar-refractivity contribution in [2.75, 3.05) is 10.6 Å². The number of hydrogen-bond donors (Lipinski definition) is 4. The van der Waals surface area contributed by atoms with E-state index in [0.29, 0.717) is 22.4 Å². The smallest absolute Gasteiger partial charge is 0.270 e. The average Bonchev–Trinajstić information content (AvgIpc) is 3.40. The predicted molar refractivity (Wildman–Crippen MR) is 145 cm³/mol. The van der Waals surface area contributed by atoms with Crippen LogP contribution in [0.1, 0.15) is 36.2 Å². The van der Waals surface area contributed by atoms with E-state index >= 15 is 0 Å². The Kier molecular flexibility index (Phi) is 7.14. The molecule has 4 N–H and O–H groups in total. The highest BCUT2D eigenvalue weighted by molar-refractivity contribution is 6.33. The van der Waals surface area contributed by atoms with Crippen LogP contribution in [0.2, 0.25) is 5.02 Å². The van der Waals surface area contributed by atoms with E-state index in [2.05, 4.69) is 37.5 Å². The minimum Gasteiger partial charge on any atom is -0.361 e. The summed E-state index contributed by atoms with van der Waals surface area (Å²) in [7, 11) is 0. The third-order valence-electron chi connectivity index (χ3n) is 6.39. The molecule has 1 aromatic carbocycles. The topological polar surface area (TPSA) is 125 Å². The molecule has 0 saturated heterocycles. The van der Waals surface area contributed by atoms with Gasteiger partial charge in [0.15, 0.2) is 0 Å². The number of fused-ring (bicyclic) bond motifs is 1. The zero-order valence-electron chi connectivity index (χ0n) is 20.0. The number of rotatable bonds is 7. The summed E-state index contributed by atoms with van der Waals surface area (Å²) in [5.41, 5.74) is 3.40. The summed E-state index contributed by atoms with van der Waals surface area (Å²) in [5.74, 6) is -0.0855. The molecule has 1 aliphatic rings. The van der Waals surface area contributed by atoms with Crippen molar-refractivity contribution >= 4 is 46.0 Å². The second-order valence-corrected chi connectivity index (χ2v) is 9.35. The molecule has 2 atom stereocenters. The normalized spacial score (nSPS) is 17.2. The highest BCUT2D eigenvalue weighted by Gasteiger charge is 2.25. The van der Waals surface area contributed by atoms with Crippen molar-refractivity contribution in [1.82, 2.24) is 25.3 Å². The Balaban J connectivity index is 1.23. The number of amides is 2. The van der Waals surface area contributed by atoms with E-state index in [4.69, 9.17) is 16.6 Å². The number of nitrogens with zero attached hydrogens (tertiary/aromatic N) is 3. The van der Waals surface area contributed by atoms with Crippen molar-refractivity contribution in [1.29, 1.82) is 0 Å². The number of benzene rings is 1. The number of halogens is 1. The Labute approximate surface area is 218 Å². The maximum atomic E-state index is 12.8. The Bertz CT molecular complexity index is 1450. The van der Waals surface area contributed by atoms with E-state index in [-0.39, 0.29) is 29.6 Å². The molecular weight excluding hydrogens is 490 g/mol. The quantitative estimate of drug-likeness (QED) is 0.258. The molecule has 1 saturated carbocycles. The molecule has 0 radical (unpaired) electrons. The van der Waals surface area contributed by atoms with Crippen molar-refractivity contribution in [3.05, 3.63) is 78.4 Å². The molecule has 0 unspecified atom stereocenters. The van der Waals surface area contributed by atoms with Crippen LogP contribution in [0.25, 0.3) is 22.2 Å². The van der Waals surface area contributed by atoms with Gasteiger partial charge in [-0.05, 0) is 56.0 Å². The van der Waals surface area contributed by atoms with Crippen molar-refractivity contribution in [2.24, 2.45) is 0 Å². The van der Waals surface area contributed by atoms with E-state index in [0.717, 1.165) is 42.1 Å². The third-order valence-corrected chi connectivity index (χ3v) is 6.66. The van der Waals surface area contributed by atoms with Crippen LogP contribution in [0.15, 0.2) is 67.6 Å².